The van der Waals surface area contributed by atoms with Crippen LogP contribution >= 0.6 is 11.3 Å². The molecule has 32 heavy (non-hydrogen) atoms. The molecule has 0 fully saturated rings. The number of nitrogens with one attached hydrogen (secondary N) is 2. The van der Waals surface area contributed by atoms with Gasteiger partial charge in [0.15, 0.2) is 0 Å². The second-order valence-corrected chi connectivity index (χ2v) is 9.84. The Morgan fingerprint density at radius 2 is 1.91 bits per heavy atom. The highest BCUT2D eigenvalue weighted by Crippen LogP contribution is 2.27. The Bertz CT molecular complexity index is 1190. The summed E-state index contributed by atoms with van der Waals surface area (Å²) in [6, 6.07) is 16.6. The summed E-state index contributed by atoms with van der Waals surface area (Å²) in [7, 11) is -0.957. The Hall–Kier alpha value is -2.94. The molecule has 2 aromatic carbocycles. The summed E-state index contributed by atoms with van der Waals surface area (Å²) in [6.45, 7) is 2.10. The topological polar surface area (TPSA) is 84.5 Å². The predicted octanol–water partition coefficient (Wildman–Crippen LogP) is 4.15. The molecular weight excluding hydrogens is 444 g/mol. The lowest BCUT2D eigenvalue weighted by atomic mass is 10.0. The van der Waals surface area contributed by atoms with Gasteiger partial charge in [-0.1, -0.05) is 43.3 Å². The van der Waals surface area contributed by atoms with Gasteiger partial charge in [0.1, 0.15) is 10.6 Å². The summed E-state index contributed by atoms with van der Waals surface area (Å²) >= 11 is 1.58. The van der Waals surface area contributed by atoms with E-state index in [1.807, 2.05) is 29.6 Å². The molecular formula is C24H26N2O4S2. The van der Waals surface area contributed by atoms with Gasteiger partial charge in [-0.2, -0.15) is 0 Å². The molecule has 2 N–H and O–H groups in total. The predicted molar refractivity (Wildman–Crippen MR) is 128 cm³/mol. The van der Waals surface area contributed by atoms with E-state index in [1.165, 1.54) is 31.9 Å². The molecule has 1 atom stereocenters. The molecule has 3 aromatic rings. The third-order valence-electron chi connectivity index (χ3n) is 5.01. The average molecular weight is 471 g/mol. The Kier molecular flexibility index (Phi) is 7.84. The van der Waals surface area contributed by atoms with Crippen molar-refractivity contribution in [1.29, 1.82) is 0 Å². The van der Waals surface area contributed by atoms with Gasteiger partial charge in [0.05, 0.1) is 13.2 Å². The zero-order valence-corrected chi connectivity index (χ0v) is 19.8. The Morgan fingerprint density at radius 3 is 2.50 bits per heavy atom. The van der Waals surface area contributed by atoms with Gasteiger partial charge in [-0.3, -0.25) is 4.79 Å². The van der Waals surface area contributed by atoms with Gasteiger partial charge in [0, 0.05) is 11.0 Å². The average Bonchev–Trinajstić information content (AvgIpc) is 3.36. The number of methoxy groups -OCH3 is 1. The first kappa shape index (κ1) is 23.7. The first-order chi connectivity index (χ1) is 15.4. The molecule has 0 aliphatic carbocycles. The summed E-state index contributed by atoms with van der Waals surface area (Å²) in [5.74, 6) is -0.0500. The van der Waals surface area contributed by atoms with E-state index in [1.54, 1.807) is 29.5 Å². The lowest BCUT2D eigenvalue weighted by Crippen LogP contribution is -2.27. The molecule has 0 radical (unpaired) electrons. The van der Waals surface area contributed by atoms with Crippen LogP contribution in [0.3, 0.4) is 0 Å². The Morgan fingerprint density at radius 1 is 1.16 bits per heavy atom. The number of sulfonamides is 1. The molecule has 0 saturated heterocycles. The summed E-state index contributed by atoms with van der Waals surface area (Å²) in [6.07, 6.45) is 3.93. The quantitative estimate of drug-likeness (QED) is 0.460. The smallest absolute Gasteiger partial charge is 0.244 e. The van der Waals surface area contributed by atoms with Crippen molar-refractivity contribution in [2.45, 2.75) is 24.3 Å². The van der Waals surface area contributed by atoms with E-state index < -0.39 is 10.0 Å². The molecule has 1 unspecified atom stereocenters. The number of carbonyl (C=O) groups excluding carboxylic acids is 1. The van der Waals surface area contributed by atoms with Crippen molar-refractivity contribution in [2.75, 3.05) is 14.2 Å². The molecule has 1 amide bonds. The van der Waals surface area contributed by atoms with E-state index in [0.717, 1.165) is 16.9 Å². The summed E-state index contributed by atoms with van der Waals surface area (Å²) in [4.78, 5) is 13.8. The van der Waals surface area contributed by atoms with E-state index in [2.05, 4.69) is 29.1 Å². The number of ether oxygens (including phenoxy) is 1. The fourth-order valence-corrected chi connectivity index (χ4v) is 4.93. The maximum atomic E-state index is 12.7. The van der Waals surface area contributed by atoms with Crippen molar-refractivity contribution in [1.82, 2.24) is 10.0 Å². The van der Waals surface area contributed by atoms with E-state index in [9.17, 15) is 13.2 Å². The molecule has 3 rings (SSSR count). The second kappa shape index (κ2) is 10.6. The molecule has 0 saturated carbocycles. The second-order valence-electron chi connectivity index (χ2n) is 7.00. The number of aryl methyl sites for hydroxylation is 1. The van der Waals surface area contributed by atoms with Crippen LogP contribution in [0, 0.1) is 0 Å². The minimum absolute atomic E-state index is 0.0116. The third-order valence-corrected chi connectivity index (χ3v) is 7.38. The number of hydrogen-bond donors (Lipinski definition) is 2. The van der Waals surface area contributed by atoms with Gasteiger partial charge < -0.3 is 10.1 Å². The normalized spacial score (nSPS) is 12.6. The van der Waals surface area contributed by atoms with Crippen LogP contribution < -0.4 is 14.8 Å². The molecule has 1 aromatic heterocycles. The lowest BCUT2D eigenvalue weighted by molar-refractivity contribution is -0.116. The highest BCUT2D eigenvalue weighted by molar-refractivity contribution is 7.89. The van der Waals surface area contributed by atoms with Crippen LogP contribution in [0.1, 0.15) is 34.5 Å². The SMILES string of the molecule is CCc1ccc(C(NC(=O)/C=C/c2ccc(OC)c(S(=O)(=O)NC)c2)c2cccs2)cc1. The molecule has 0 spiro atoms. The Balaban J connectivity index is 1.83. The van der Waals surface area contributed by atoms with Crippen molar-refractivity contribution in [2.24, 2.45) is 0 Å². The highest BCUT2D eigenvalue weighted by Gasteiger charge is 2.19. The monoisotopic (exact) mass is 470 g/mol. The molecule has 8 heteroatoms. The fraction of sp³-hybridized carbons (Fsp3) is 0.208. The molecule has 0 bridgehead atoms. The number of amides is 1. The number of thiophene rings is 1. The minimum atomic E-state index is -3.70. The van der Waals surface area contributed by atoms with Crippen LogP contribution in [0.5, 0.6) is 5.75 Å². The fourth-order valence-electron chi connectivity index (χ4n) is 3.20. The van der Waals surface area contributed by atoms with Crippen LogP contribution in [-0.2, 0) is 21.2 Å². The van der Waals surface area contributed by atoms with E-state index in [0.29, 0.717) is 5.56 Å². The summed E-state index contributed by atoms with van der Waals surface area (Å²) in [5, 5.41) is 5.03. The molecule has 1 heterocycles. The zero-order chi connectivity index (χ0) is 23.1. The van der Waals surface area contributed by atoms with Gasteiger partial charge in [-0.25, -0.2) is 13.1 Å². The van der Waals surface area contributed by atoms with Gasteiger partial charge in [-0.15, -0.1) is 11.3 Å². The van der Waals surface area contributed by atoms with Crippen molar-refractivity contribution in [3.63, 3.8) is 0 Å². The first-order valence-corrected chi connectivity index (χ1v) is 12.5. The van der Waals surface area contributed by atoms with Crippen molar-refractivity contribution < 1.29 is 17.9 Å². The molecule has 0 aliphatic rings. The third kappa shape index (κ3) is 5.64. The first-order valence-electron chi connectivity index (χ1n) is 10.1. The van der Waals surface area contributed by atoms with Crippen molar-refractivity contribution >= 4 is 33.3 Å². The maximum Gasteiger partial charge on any atom is 0.244 e. The standard InChI is InChI=1S/C24H26N2O4S2/c1-4-17-7-11-19(12-8-17)24(21-6-5-15-31-21)26-23(27)14-10-18-9-13-20(30-3)22(16-18)32(28,29)25-2/h5-16,24-25H,4H2,1-3H3,(H,26,27)/b14-10+. The van der Waals surface area contributed by atoms with E-state index in [-0.39, 0.29) is 22.6 Å². The van der Waals surface area contributed by atoms with Crippen molar-refractivity contribution in [3.05, 3.63) is 87.6 Å². The number of rotatable bonds is 9. The number of benzene rings is 2. The minimum Gasteiger partial charge on any atom is -0.495 e. The molecule has 6 nitrogen and oxygen atoms in total. The summed E-state index contributed by atoms with van der Waals surface area (Å²) < 4.78 is 31.9. The van der Waals surface area contributed by atoms with Crippen molar-refractivity contribution in [3.8, 4) is 5.75 Å². The maximum absolute atomic E-state index is 12.7. The van der Waals surface area contributed by atoms with E-state index in [4.69, 9.17) is 4.74 Å². The van der Waals surface area contributed by atoms with Gasteiger partial charge in [-0.05, 0) is 59.8 Å². The van der Waals surface area contributed by atoms with Gasteiger partial charge in [0.2, 0.25) is 15.9 Å². The lowest BCUT2D eigenvalue weighted by Gasteiger charge is -2.17. The number of hydrogen-bond acceptors (Lipinski definition) is 5. The largest absolute Gasteiger partial charge is 0.495 e. The van der Waals surface area contributed by atoms with E-state index >= 15 is 0 Å². The van der Waals surface area contributed by atoms with Crippen LogP contribution in [0.15, 0.2) is 70.9 Å². The van der Waals surface area contributed by atoms with Crippen LogP contribution in [-0.4, -0.2) is 28.5 Å². The highest BCUT2D eigenvalue weighted by atomic mass is 32.2. The van der Waals surface area contributed by atoms with Gasteiger partial charge in [0.25, 0.3) is 0 Å². The zero-order valence-electron chi connectivity index (χ0n) is 18.2. The molecule has 168 valence electrons. The Labute approximate surface area is 193 Å². The molecule has 0 aliphatic heterocycles. The van der Waals surface area contributed by atoms with Crippen LogP contribution in [0.4, 0.5) is 0 Å². The summed E-state index contributed by atoms with van der Waals surface area (Å²) in [5.41, 5.74) is 2.80. The number of carbonyl (C=O) groups is 1. The van der Waals surface area contributed by atoms with Crippen LogP contribution in [0.2, 0.25) is 0 Å². The van der Waals surface area contributed by atoms with Gasteiger partial charge >= 0.3 is 0 Å². The van der Waals surface area contributed by atoms with Crippen LogP contribution in [0.25, 0.3) is 6.08 Å².